The molecule has 0 aliphatic carbocycles. The van der Waals surface area contributed by atoms with Crippen molar-refractivity contribution < 1.29 is 19.3 Å². The number of likely N-dealkylation sites (tertiary alicyclic amines) is 1. The number of alkyl halides is 1. The van der Waals surface area contributed by atoms with Crippen molar-refractivity contribution in [3.63, 3.8) is 0 Å². The van der Waals surface area contributed by atoms with Crippen molar-refractivity contribution in [3.05, 3.63) is 41.3 Å². The largest absolute Gasteiger partial charge is 0.394 e. The van der Waals surface area contributed by atoms with Crippen LogP contribution in [0.4, 0.5) is 10.2 Å². The Morgan fingerprint density at radius 1 is 1.11 bits per heavy atom. The van der Waals surface area contributed by atoms with Gasteiger partial charge in [0.05, 0.1) is 37.1 Å². The second-order valence-corrected chi connectivity index (χ2v) is 9.96. The average molecular weight is 499 g/mol. The van der Waals surface area contributed by atoms with Crippen LogP contribution >= 0.6 is 0 Å². The summed E-state index contributed by atoms with van der Waals surface area (Å²) in [5.74, 6) is 2.58. The number of rotatable bonds is 7. The van der Waals surface area contributed by atoms with Gasteiger partial charge in [-0.25, -0.2) is 19.0 Å². The Bertz CT molecular complexity index is 1200. The number of benzene rings is 1. The molecule has 0 bridgehead atoms. The monoisotopic (exact) mass is 498 g/mol. The smallest absolute Gasteiger partial charge is 0.159 e. The van der Waals surface area contributed by atoms with Gasteiger partial charge in [0, 0.05) is 31.1 Å². The number of nitrogens with zero attached hydrogens (tertiary/aromatic N) is 6. The third-order valence-electron chi connectivity index (χ3n) is 7.32. The fourth-order valence-electron chi connectivity index (χ4n) is 5.44. The van der Waals surface area contributed by atoms with Crippen molar-refractivity contribution in [3.8, 4) is 5.82 Å². The number of morpholine rings is 1. The van der Waals surface area contributed by atoms with Crippen LogP contribution in [-0.4, -0.2) is 99.7 Å². The summed E-state index contributed by atoms with van der Waals surface area (Å²) in [4.78, 5) is 13.6. The van der Waals surface area contributed by atoms with Gasteiger partial charge in [0.2, 0.25) is 0 Å². The number of fused-ring (bicyclic) bond motifs is 1. The van der Waals surface area contributed by atoms with E-state index in [0.717, 1.165) is 42.7 Å². The summed E-state index contributed by atoms with van der Waals surface area (Å²) in [6.45, 7) is 7.23. The first kappa shape index (κ1) is 25.0. The van der Waals surface area contributed by atoms with Gasteiger partial charge in [-0.05, 0) is 69.0 Å². The Balaban J connectivity index is 1.42. The molecular weight excluding hydrogens is 463 g/mol. The second-order valence-electron chi connectivity index (χ2n) is 9.96. The van der Waals surface area contributed by atoms with E-state index >= 15 is 0 Å². The molecule has 2 aliphatic rings. The minimum atomic E-state index is -0.901. The number of ether oxygens (including phenoxy) is 1. The van der Waals surface area contributed by atoms with E-state index < -0.39 is 12.8 Å². The molecule has 2 saturated heterocycles. The number of hydrogen-bond donors (Lipinski definition) is 2. The maximum atomic E-state index is 12.7. The third kappa shape index (κ3) is 5.22. The molecule has 2 aromatic heterocycles. The van der Waals surface area contributed by atoms with Crippen molar-refractivity contribution in [1.29, 1.82) is 0 Å². The second kappa shape index (κ2) is 10.8. The number of aryl methyl sites for hydroxylation is 2. The van der Waals surface area contributed by atoms with Crippen molar-refractivity contribution in [2.45, 2.75) is 44.8 Å². The first-order chi connectivity index (χ1) is 17.4. The number of aromatic nitrogens is 4. The Morgan fingerprint density at radius 2 is 1.89 bits per heavy atom. The molecule has 1 aromatic carbocycles. The van der Waals surface area contributed by atoms with Crippen molar-refractivity contribution >= 4 is 16.7 Å². The summed E-state index contributed by atoms with van der Waals surface area (Å²) in [6, 6.07) is 6.38. The lowest BCUT2D eigenvalue weighted by Crippen LogP contribution is -2.44. The van der Waals surface area contributed by atoms with Crippen molar-refractivity contribution in [2.75, 3.05) is 57.5 Å². The van der Waals surface area contributed by atoms with Gasteiger partial charge in [-0.15, -0.1) is 0 Å². The van der Waals surface area contributed by atoms with Gasteiger partial charge in [0.25, 0.3) is 0 Å². The van der Waals surface area contributed by atoms with E-state index in [4.69, 9.17) is 9.72 Å². The predicted molar refractivity (Wildman–Crippen MR) is 136 cm³/mol. The molecule has 0 amide bonds. The molecule has 194 valence electrons. The number of aliphatic hydroxyl groups excluding tert-OH is 2. The summed E-state index contributed by atoms with van der Waals surface area (Å²) >= 11 is 0. The number of piperidine rings is 1. The lowest BCUT2D eigenvalue weighted by Gasteiger charge is -2.33. The summed E-state index contributed by atoms with van der Waals surface area (Å²) in [7, 11) is 0. The van der Waals surface area contributed by atoms with Gasteiger partial charge in [-0.3, -0.25) is 0 Å². The molecule has 4 heterocycles. The topological polar surface area (TPSA) is 99.8 Å². The van der Waals surface area contributed by atoms with Crippen molar-refractivity contribution in [2.24, 2.45) is 0 Å². The molecule has 9 nitrogen and oxygen atoms in total. The number of anilines is 1. The van der Waals surface area contributed by atoms with Gasteiger partial charge in [0.1, 0.15) is 18.3 Å². The van der Waals surface area contributed by atoms with Crippen LogP contribution < -0.4 is 4.90 Å². The van der Waals surface area contributed by atoms with Gasteiger partial charge in [-0.1, -0.05) is 0 Å². The summed E-state index contributed by atoms with van der Waals surface area (Å²) in [5, 5.41) is 24.9. The number of aliphatic hydroxyl groups is 2. The normalized spacial score (nSPS) is 20.8. The highest BCUT2D eigenvalue weighted by molar-refractivity contribution is 5.82. The SMILES string of the molecule is Cc1nc(N2CCO[C@H](CO)C2)cc(-n2ncc3cc(C)c(C4CCN(CC(O)CF)CC4)cc32)n1. The third-order valence-corrected chi connectivity index (χ3v) is 7.32. The predicted octanol–water partition coefficient (Wildman–Crippen LogP) is 2.14. The quantitative estimate of drug-likeness (QED) is 0.511. The maximum absolute atomic E-state index is 12.7. The van der Waals surface area contributed by atoms with E-state index in [0.29, 0.717) is 43.8 Å². The molecular formula is C26H35FN6O3. The van der Waals surface area contributed by atoms with E-state index in [1.165, 1.54) is 11.1 Å². The number of halogens is 1. The highest BCUT2D eigenvalue weighted by Gasteiger charge is 2.25. The van der Waals surface area contributed by atoms with Crippen LogP contribution in [0.1, 0.15) is 35.7 Å². The fraction of sp³-hybridized carbons (Fsp3) is 0.577. The standard InChI is InChI=1S/C26H35FN6O3/c1-17-9-20-13-28-33(24(20)10-23(17)19-3-5-31(6-4-19)14-21(35)12-27)26-11-25(29-18(2)30-26)32-7-8-36-22(15-32)16-34/h9-11,13,19,21-22,34-35H,3-8,12,14-16H2,1-2H3/t21?,22-/m0/s1. The molecule has 10 heteroatoms. The molecule has 3 aromatic rings. The zero-order chi connectivity index (χ0) is 25.2. The molecule has 0 radical (unpaired) electrons. The van der Waals surface area contributed by atoms with Crippen LogP contribution in [0.25, 0.3) is 16.7 Å². The van der Waals surface area contributed by atoms with Crippen LogP contribution in [-0.2, 0) is 4.74 Å². The minimum Gasteiger partial charge on any atom is -0.394 e. The van der Waals surface area contributed by atoms with Crippen molar-refractivity contribution in [1.82, 2.24) is 24.6 Å². The molecule has 36 heavy (non-hydrogen) atoms. The average Bonchev–Trinajstić information content (AvgIpc) is 3.31. The lowest BCUT2D eigenvalue weighted by atomic mass is 9.86. The molecule has 2 aliphatic heterocycles. The van der Waals surface area contributed by atoms with Gasteiger partial charge in [0.15, 0.2) is 5.82 Å². The van der Waals surface area contributed by atoms with E-state index in [9.17, 15) is 14.6 Å². The number of hydrogen-bond acceptors (Lipinski definition) is 8. The first-order valence-electron chi connectivity index (χ1n) is 12.7. The van der Waals surface area contributed by atoms with Crippen LogP contribution in [0.5, 0.6) is 0 Å². The molecule has 2 N–H and O–H groups in total. The highest BCUT2D eigenvalue weighted by atomic mass is 19.1. The number of β-amino-alcohol motifs (C(OH)–C–C–N with tert-alkyl or cyclic N) is 1. The Labute approximate surface area is 210 Å². The van der Waals surface area contributed by atoms with E-state index in [1.807, 2.05) is 23.9 Å². The molecule has 0 spiro atoms. The zero-order valence-electron chi connectivity index (χ0n) is 21.0. The molecule has 5 rings (SSSR count). The Kier molecular flexibility index (Phi) is 7.47. The maximum Gasteiger partial charge on any atom is 0.159 e. The van der Waals surface area contributed by atoms with E-state index in [2.05, 4.69) is 38.9 Å². The van der Waals surface area contributed by atoms with Crippen LogP contribution in [0, 0.1) is 13.8 Å². The molecule has 2 atom stereocenters. The van der Waals surface area contributed by atoms with Crippen LogP contribution in [0.15, 0.2) is 24.4 Å². The minimum absolute atomic E-state index is 0.0191. The van der Waals surface area contributed by atoms with Gasteiger partial charge in [-0.2, -0.15) is 5.10 Å². The first-order valence-corrected chi connectivity index (χ1v) is 12.7. The lowest BCUT2D eigenvalue weighted by molar-refractivity contribution is 0.00335. The van der Waals surface area contributed by atoms with Gasteiger partial charge >= 0.3 is 0 Å². The van der Waals surface area contributed by atoms with Crippen LogP contribution in [0.2, 0.25) is 0 Å². The highest BCUT2D eigenvalue weighted by Crippen LogP contribution is 2.33. The van der Waals surface area contributed by atoms with Crippen LogP contribution in [0.3, 0.4) is 0 Å². The Hall–Kier alpha value is -2.66. The van der Waals surface area contributed by atoms with E-state index in [-0.39, 0.29) is 12.7 Å². The molecule has 2 fully saturated rings. The molecule has 1 unspecified atom stereocenters. The fourth-order valence-corrected chi connectivity index (χ4v) is 5.44. The summed E-state index contributed by atoms with van der Waals surface area (Å²) in [6.07, 6.45) is 2.70. The van der Waals surface area contributed by atoms with E-state index in [1.54, 1.807) is 0 Å². The van der Waals surface area contributed by atoms with Gasteiger partial charge < -0.3 is 24.7 Å². The zero-order valence-corrected chi connectivity index (χ0v) is 21.0. The molecule has 0 saturated carbocycles. The Morgan fingerprint density at radius 3 is 2.64 bits per heavy atom. The summed E-state index contributed by atoms with van der Waals surface area (Å²) in [5.41, 5.74) is 3.55. The summed E-state index contributed by atoms with van der Waals surface area (Å²) < 4.78 is 20.2.